The van der Waals surface area contributed by atoms with Gasteiger partial charge >= 0.3 is 0 Å². The summed E-state index contributed by atoms with van der Waals surface area (Å²) in [6.45, 7) is 6.63. The Labute approximate surface area is 80.3 Å². The molecule has 1 atom stereocenters. The molecule has 0 nitrogen and oxygen atoms in total. The summed E-state index contributed by atoms with van der Waals surface area (Å²) in [5.41, 5.74) is 5.77. The van der Waals surface area contributed by atoms with Crippen molar-refractivity contribution in [3.8, 4) is 0 Å². The molecule has 1 aliphatic rings. The van der Waals surface area contributed by atoms with Gasteiger partial charge in [-0.25, -0.2) is 0 Å². The lowest BCUT2D eigenvalue weighted by Gasteiger charge is -2.10. The van der Waals surface area contributed by atoms with E-state index in [0.29, 0.717) is 5.92 Å². The fourth-order valence-electron chi connectivity index (χ4n) is 2.01. The number of hydrogen-bond donors (Lipinski definition) is 0. The van der Waals surface area contributed by atoms with Crippen LogP contribution in [-0.2, 0) is 0 Å². The van der Waals surface area contributed by atoms with Crippen LogP contribution in [0.3, 0.4) is 0 Å². The van der Waals surface area contributed by atoms with E-state index in [-0.39, 0.29) is 0 Å². The zero-order chi connectivity index (χ0) is 9.42. The van der Waals surface area contributed by atoms with Crippen LogP contribution < -0.4 is 0 Å². The Bertz CT molecular complexity index is 359. The van der Waals surface area contributed by atoms with Gasteiger partial charge in [0.15, 0.2) is 0 Å². The van der Waals surface area contributed by atoms with E-state index in [1.54, 1.807) is 0 Å². The smallest absolute Gasteiger partial charge is 0.00247 e. The summed E-state index contributed by atoms with van der Waals surface area (Å²) in [5, 5.41) is 0. The summed E-state index contributed by atoms with van der Waals surface area (Å²) in [6, 6.07) is 4.65. The van der Waals surface area contributed by atoms with E-state index < -0.39 is 0 Å². The highest BCUT2D eigenvalue weighted by Crippen LogP contribution is 2.33. The maximum Gasteiger partial charge on any atom is 0.00247 e. The first kappa shape index (κ1) is 8.55. The molecular formula is C13H16. The summed E-state index contributed by atoms with van der Waals surface area (Å²) in [6.07, 6.45) is 5.80. The summed E-state index contributed by atoms with van der Waals surface area (Å²) < 4.78 is 0. The van der Waals surface area contributed by atoms with E-state index in [1.807, 2.05) is 0 Å². The number of benzene rings is 1. The maximum atomic E-state index is 2.35. The monoisotopic (exact) mass is 172 g/mol. The van der Waals surface area contributed by atoms with Gasteiger partial charge < -0.3 is 0 Å². The Morgan fingerprint density at radius 2 is 1.85 bits per heavy atom. The van der Waals surface area contributed by atoms with Crippen LogP contribution in [0.4, 0.5) is 0 Å². The molecule has 0 saturated heterocycles. The second kappa shape index (κ2) is 3.02. The Kier molecular flexibility index (Phi) is 1.99. The molecule has 0 amide bonds. The van der Waals surface area contributed by atoms with E-state index in [1.165, 1.54) is 28.7 Å². The third kappa shape index (κ3) is 1.31. The molecule has 0 radical (unpaired) electrons. The predicted molar refractivity (Wildman–Crippen MR) is 58.0 cm³/mol. The Morgan fingerprint density at radius 1 is 1.15 bits per heavy atom. The van der Waals surface area contributed by atoms with Gasteiger partial charge in [0, 0.05) is 5.92 Å². The average Bonchev–Trinajstić information content (AvgIpc) is 2.48. The van der Waals surface area contributed by atoms with Crippen LogP contribution in [0.25, 0.3) is 6.08 Å². The Balaban J connectivity index is 2.52. The van der Waals surface area contributed by atoms with E-state index in [2.05, 4.69) is 45.1 Å². The fourth-order valence-corrected chi connectivity index (χ4v) is 2.01. The van der Waals surface area contributed by atoms with Crippen LogP contribution in [0.15, 0.2) is 18.2 Å². The Hall–Kier alpha value is -1.04. The molecule has 0 heterocycles. The van der Waals surface area contributed by atoms with E-state index >= 15 is 0 Å². The molecule has 0 heteroatoms. The maximum absolute atomic E-state index is 2.35. The number of allylic oxidation sites excluding steroid dienone is 1. The minimum atomic E-state index is 0.661. The lowest BCUT2D eigenvalue weighted by atomic mass is 9.94. The van der Waals surface area contributed by atoms with Crippen LogP contribution in [0.1, 0.15) is 41.5 Å². The lowest BCUT2D eigenvalue weighted by Crippen LogP contribution is -1.93. The van der Waals surface area contributed by atoms with Crippen molar-refractivity contribution in [1.82, 2.24) is 0 Å². The molecule has 0 aromatic heterocycles. The molecule has 0 bridgehead atoms. The summed E-state index contributed by atoms with van der Waals surface area (Å²) in [5.74, 6) is 0.661. The van der Waals surface area contributed by atoms with Crippen molar-refractivity contribution in [3.63, 3.8) is 0 Å². The molecule has 1 aromatic carbocycles. The van der Waals surface area contributed by atoms with Crippen molar-refractivity contribution < 1.29 is 0 Å². The molecule has 1 aliphatic carbocycles. The van der Waals surface area contributed by atoms with Gasteiger partial charge in [0.2, 0.25) is 0 Å². The van der Waals surface area contributed by atoms with Crippen molar-refractivity contribution in [2.24, 2.45) is 0 Å². The molecule has 1 unspecified atom stereocenters. The zero-order valence-electron chi connectivity index (χ0n) is 8.59. The molecule has 0 fully saturated rings. The molecule has 2 rings (SSSR count). The van der Waals surface area contributed by atoms with Gasteiger partial charge in [-0.05, 0) is 42.5 Å². The van der Waals surface area contributed by atoms with Gasteiger partial charge in [-0.2, -0.15) is 0 Å². The first-order valence-corrected chi connectivity index (χ1v) is 5.01. The molecule has 0 N–H and O–H groups in total. The SMILES string of the molecule is CCC1C=Cc2cc(C)c(C)cc21. The van der Waals surface area contributed by atoms with E-state index in [9.17, 15) is 0 Å². The minimum Gasteiger partial charge on any atom is -0.0764 e. The van der Waals surface area contributed by atoms with Crippen molar-refractivity contribution in [3.05, 3.63) is 40.5 Å². The van der Waals surface area contributed by atoms with Crippen LogP contribution >= 0.6 is 0 Å². The summed E-state index contributed by atoms with van der Waals surface area (Å²) in [4.78, 5) is 0. The summed E-state index contributed by atoms with van der Waals surface area (Å²) >= 11 is 0. The van der Waals surface area contributed by atoms with Crippen LogP contribution in [0, 0.1) is 13.8 Å². The fraction of sp³-hybridized carbons (Fsp3) is 0.385. The van der Waals surface area contributed by atoms with Crippen LogP contribution in [0.5, 0.6) is 0 Å². The second-order valence-corrected chi connectivity index (χ2v) is 3.94. The molecule has 0 saturated carbocycles. The molecular weight excluding hydrogens is 156 g/mol. The van der Waals surface area contributed by atoms with E-state index in [4.69, 9.17) is 0 Å². The van der Waals surface area contributed by atoms with Gasteiger partial charge in [-0.15, -0.1) is 0 Å². The summed E-state index contributed by atoms with van der Waals surface area (Å²) in [7, 11) is 0. The van der Waals surface area contributed by atoms with Crippen molar-refractivity contribution in [2.75, 3.05) is 0 Å². The standard InChI is InChI=1S/C13H16/c1-4-11-5-6-12-7-9(2)10(3)8-13(11)12/h5-8,11H,4H2,1-3H3. The van der Waals surface area contributed by atoms with Crippen LogP contribution in [0.2, 0.25) is 0 Å². The quantitative estimate of drug-likeness (QED) is 0.604. The third-order valence-corrected chi connectivity index (χ3v) is 3.05. The first-order chi connectivity index (χ1) is 6.22. The van der Waals surface area contributed by atoms with Gasteiger partial charge in [0.25, 0.3) is 0 Å². The van der Waals surface area contributed by atoms with Gasteiger partial charge in [0.05, 0.1) is 0 Å². The van der Waals surface area contributed by atoms with Crippen LogP contribution in [-0.4, -0.2) is 0 Å². The Morgan fingerprint density at radius 3 is 2.54 bits per heavy atom. The number of aryl methyl sites for hydroxylation is 2. The second-order valence-electron chi connectivity index (χ2n) is 3.94. The molecule has 13 heavy (non-hydrogen) atoms. The topological polar surface area (TPSA) is 0 Å². The van der Waals surface area contributed by atoms with Crippen molar-refractivity contribution in [1.29, 1.82) is 0 Å². The minimum absolute atomic E-state index is 0.661. The van der Waals surface area contributed by atoms with Gasteiger partial charge in [-0.3, -0.25) is 0 Å². The predicted octanol–water partition coefficient (Wildman–Crippen LogP) is 3.82. The van der Waals surface area contributed by atoms with Crippen molar-refractivity contribution in [2.45, 2.75) is 33.1 Å². The highest BCUT2D eigenvalue weighted by Gasteiger charge is 2.15. The number of fused-ring (bicyclic) bond motifs is 1. The largest absolute Gasteiger partial charge is 0.0764 e. The first-order valence-electron chi connectivity index (χ1n) is 5.01. The van der Waals surface area contributed by atoms with Crippen molar-refractivity contribution >= 4 is 6.08 Å². The molecule has 0 spiro atoms. The third-order valence-electron chi connectivity index (χ3n) is 3.05. The highest BCUT2D eigenvalue weighted by molar-refractivity contribution is 5.64. The molecule has 1 aromatic rings. The number of hydrogen-bond acceptors (Lipinski definition) is 0. The zero-order valence-corrected chi connectivity index (χ0v) is 8.59. The number of rotatable bonds is 1. The van der Waals surface area contributed by atoms with E-state index in [0.717, 1.165) is 0 Å². The average molecular weight is 172 g/mol. The lowest BCUT2D eigenvalue weighted by molar-refractivity contribution is 0.817. The van der Waals surface area contributed by atoms with Gasteiger partial charge in [0.1, 0.15) is 0 Å². The molecule has 68 valence electrons. The van der Waals surface area contributed by atoms with Gasteiger partial charge in [-0.1, -0.05) is 31.2 Å². The molecule has 0 aliphatic heterocycles. The normalized spacial score (nSPS) is 19.2. The highest BCUT2D eigenvalue weighted by atomic mass is 14.2.